The Morgan fingerprint density at radius 2 is 1.74 bits per heavy atom. The smallest absolute Gasteiger partial charge is 0.389 e. The summed E-state index contributed by atoms with van der Waals surface area (Å²) in [6.45, 7) is 3.37. The number of rotatable bonds is 2. The monoisotopic (exact) mass is 337 g/mol. The Balaban J connectivity index is 1.80. The van der Waals surface area contributed by atoms with Crippen LogP contribution in [0.4, 0.5) is 13.2 Å². The van der Waals surface area contributed by atoms with Crippen LogP contribution in [0.3, 0.4) is 0 Å². The average Bonchev–Trinajstić information content (AvgIpc) is 3.04. The normalized spacial score (nSPS) is 38.5. The molecule has 0 aromatic heterocycles. The van der Waals surface area contributed by atoms with Gasteiger partial charge in [0.1, 0.15) is 6.10 Å². The van der Waals surface area contributed by atoms with E-state index in [0.717, 1.165) is 12.8 Å². The molecule has 2 N–H and O–H groups in total. The van der Waals surface area contributed by atoms with E-state index < -0.39 is 41.7 Å². The standard InChI is InChI=1S/C15H22F3NO4/c1-13(2)22-10-8(14(21)5-3-4-6-14)7-9(11(10)23-13)19-12(20)15(16,17)18/h8-11,21H,3-7H2,1-2H3,(H,19,20)/t8-,9?,10+,11-/m0/s1. The Morgan fingerprint density at radius 3 is 2.30 bits per heavy atom. The van der Waals surface area contributed by atoms with Crippen LogP contribution in [0, 0.1) is 5.92 Å². The predicted molar refractivity (Wildman–Crippen MR) is 73.3 cm³/mol. The summed E-state index contributed by atoms with van der Waals surface area (Å²) in [6, 6.07) is -0.814. The summed E-state index contributed by atoms with van der Waals surface area (Å²) in [4.78, 5) is 11.3. The van der Waals surface area contributed by atoms with Gasteiger partial charge in [-0.15, -0.1) is 0 Å². The first-order chi connectivity index (χ1) is 10.5. The van der Waals surface area contributed by atoms with Crippen LogP contribution >= 0.6 is 0 Å². The van der Waals surface area contributed by atoms with E-state index >= 15 is 0 Å². The number of hydrogen-bond acceptors (Lipinski definition) is 4. The molecule has 4 atom stereocenters. The van der Waals surface area contributed by atoms with Crippen LogP contribution in [0.15, 0.2) is 0 Å². The van der Waals surface area contributed by atoms with Crippen molar-refractivity contribution in [2.45, 2.75) is 81.8 Å². The molecule has 0 aromatic carbocycles. The lowest BCUT2D eigenvalue weighted by molar-refractivity contribution is -0.180. The minimum absolute atomic E-state index is 0.226. The van der Waals surface area contributed by atoms with Crippen molar-refractivity contribution in [3.05, 3.63) is 0 Å². The number of carbonyl (C=O) groups is 1. The number of aliphatic hydroxyl groups is 1. The molecule has 5 nitrogen and oxygen atoms in total. The van der Waals surface area contributed by atoms with Crippen molar-refractivity contribution in [3.8, 4) is 0 Å². The Hall–Kier alpha value is -0.860. The third kappa shape index (κ3) is 3.08. The number of carbonyl (C=O) groups excluding carboxylic acids is 1. The van der Waals surface area contributed by atoms with Crippen LogP contribution in [-0.4, -0.2) is 46.8 Å². The molecule has 0 radical (unpaired) electrons. The molecule has 3 aliphatic rings. The molecule has 3 fully saturated rings. The Morgan fingerprint density at radius 1 is 1.17 bits per heavy atom. The Kier molecular flexibility index (Phi) is 3.93. The number of nitrogens with one attached hydrogen (secondary N) is 1. The van der Waals surface area contributed by atoms with E-state index in [1.54, 1.807) is 13.8 Å². The molecule has 2 aliphatic carbocycles. The second-order valence-electron chi connectivity index (χ2n) is 7.30. The highest BCUT2D eigenvalue weighted by Gasteiger charge is 2.60. The van der Waals surface area contributed by atoms with Crippen molar-refractivity contribution >= 4 is 5.91 Å². The Bertz CT molecular complexity index is 488. The fourth-order valence-corrected chi connectivity index (χ4v) is 4.26. The predicted octanol–water partition coefficient (Wildman–Crippen LogP) is 1.88. The molecule has 1 amide bonds. The van der Waals surface area contributed by atoms with Gasteiger partial charge in [-0.05, 0) is 33.1 Å². The molecule has 1 aliphatic heterocycles. The maximum absolute atomic E-state index is 12.5. The average molecular weight is 337 g/mol. The van der Waals surface area contributed by atoms with E-state index in [1.165, 1.54) is 0 Å². The summed E-state index contributed by atoms with van der Waals surface area (Å²) in [6.07, 6.45) is -2.92. The summed E-state index contributed by atoms with van der Waals surface area (Å²) in [7, 11) is 0. The van der Waals surface area contributed by atoms with Gasteiger partial charge in [-0.2, -0.15) is 13.2 Å². The zero-order valence-corrected chi connectivity index (χ0v) is 13.2. The maximum atomic E-state index is 12.5. The molecule has 1 saturated heterocycles. The van der Waals surface area contributed by atoms with Gasteiger partial charge in [0, 0.05) is 5.92 Å². The van der Waals surface area contributed by atoms with Crippen LogP contribution in [0.25, 0.3) is 0 Å². The quantitative estimate of drug-likeness (QED) is 0.807. The molecule has 132 valence electrons. The minimum atomic E-state index is -4.94. The van der Waals surface area contributed by atoms with Gasteiger partial charge in [0.05, 0.1) is 17.7 Å². The summed E-state index contributed by atoms with van der Waals surface area (Å²) in [5.41, 5.74) is -0.954. The van der Waals surface area contributed by atoms with Crippen molar-refractivity contribution in [2.75, 3.05) is 0 Å². The SMILES string of the molecule is CC1(C)O[C@H]2[C@@H](O1)C(NC(=O)C(F)(F)F)C[C@@H]2C1(O)CCCC1. The zero-order chi connectivity index (χ0) is 17.0. The van der Waals surface area contributed by atoms with Crippen molar-refractivity contribution in [3.63, 3.8) is 0 Å². The van der Waals surface area contributed by atoms with E-state index in [2.05, 4.69) is 0 Å². The van der Waals surface area contributed by atoms with E-state index in [0.29, 0.717) is 12.8 Å². The van der Waals surface area contributed by atoms with Gasteiger partial charge in [0.2, 0.25) is 0 Å². The fraction of sp³-hybridized carbons (Fsp3) is 0.933. The van der Waals surface area contributed by atoms with Crippen LogP contribution in [0.1, 0.15) is 46.0 Å². The first-order valence-corrected chi connectivity index (χ1v) is 7.98. The molecule has 0 aromatic rings. The fourth-order valence-electron chi connectivity index (χ4n) is 4.26. The molecule has 1 unspecified atom stereocenters. The molecule has 2 saturated carbocycles. The van der Waals surface area contributed by atoms with Gasteiger partial charge in [0.25, 0.3) is 0 Å². The van der Waals surface area contributed by atoms with E-state index in [1.807, 2.05) is 5.32 Å². The molecule has 3 rings (SSSR count). The van der Waals surface area contributed by atoms with Gasteiger partial charge in [-0.1, -0.05) is 12.8 Å². The number of hydrogen-bond donors (Lipinski definition) is 2. The molecule has 23 heavy (non-hydrogen) atoms. The van der Waals surface area contributed by atoms with Crippen molar-refractivity contribution < 1.29 is 32.5 Å². The molecular formula is C15H22F3NO4. The maximum Gasteiger partial charge on any atom is 0.471 e. The third-order valence-electron chi connectivity index (χ3n) is 5.20. The topological polar surface area (TPSA) is 67.8 Å². The number of alkyl halides is 3. The molecule has 1 heterocycles. The number of halogens is 3. The van der Waals surface area contributed by atoms with E-state index in [-0.39, 0.29) is 12.3 Å². The van der Waals surface area contributed by atoms with E-state index in [4.69, 9.17) is 9.47 Å². The van der Waals surface area contributed by atoms with Crippen LogP contribution < -0.4 is 5.32 Å². The highest BCUT2D eigenvalue weighted by Crippen LogP contribution is 2.50. The molecule has 0 bridgehead atoms. The van der Waals surface area contributed by atoms with E-state index in [9.17, 15) is 23.1 Å². The van der Waals surface area contributed by atoms with Crippen LogP contribution in [0.2, 0.25) is 0 Å². The summed E-state index contributed by atoms with van der Waals surface area (Å²) >= 11 is 0. The van der Waals surface area contributed by atoms with Crippen LogP contribution in [-0.2, 0) is 14.3 Å². The lowest BCUT2D eigenvalue weighted by Crippen LogP contribution is -2.48. The number of amides is 1. The van der Waals surface area contributed by atoms with Crippen molar-refractivity contribution in [2.24, 2.45) is 5.92 Å². The number of fused-ring (bicyclic) bond motifs is 1. The summed E-state index contributed by atoms with van der Waals surface area (Å²) < 4.78 is 49.2. The second kappa shape index (κ2) is 5.32. The summed E-state index contributed by atoms with van der Waals surface area (Å²) in [5.74, 6) is -3.26. The lowest BCUT2D eigenvalue weighted by Gasteiger charge is -2.33. The second-order valence-corrected chi connectivity index (χ2v) is 7.30. The van der Waals surface area contributed by atoms with Crippen molar-refractivity contribution in [1.82, 2.24) is 5.32 Å². The van der Waals surface area contributed by atoms with Gasteiger partial charge < -0.3 is 19.9 Å². The van der Waals surface area contributed by atoms with Crippen LogP contribution in [0.5, 0.6) is 0 Å². The summed E-state index contributed by atoms with van der Waals surface area (Å²) in [5, 5.41) is 12.9. The van der Waals surface area contributed by atoms with Gasteiger partial charge >= 0.3 is 12.1 Å². The first-order valence-electron chi connectivity index (χ1n) is 7.98. The third-order valence-corrected chi connectivity index (χ3v) is 5.20. The largest absolute Gasteiger partial charge is 0.471 e. The molecular weight excluding hydrogens is 315 g/mol. The van der Waals surface area contributed by atoms with Crippen molar-refractivity contribution in [1.29, 1.82) is 0 Å². The molecule has 0 spiro atoms. The minimum Gasteiger partial charge on any atom is -0.389 e. The first kappa shape index (κ1) is 17.0. The highest BCUT2D eigenvalue weighted by atomic mass is 19.4. The van der Waals surface area contributed by atoms with Gasteiger partial charge in [-0.3, -0.25) is 4.79 Å². The van der Waals surface area contributed by atoms with Gasteiger partial charge in [0.15, 0.2) is 5.79 Å². The zero-order valence-electron chi connectivity index (χ0n) is 13.2. The molecule has 8 heteroatoms. The van der Waals surface area contributed by atoms with Gasteiger partial charge in [-0.25, -0.2) is 0 Å². The lowest BCUT2D eigenvalue weighted by atomic mass is 9.83. The number of ether oxygens (including phenoxy) is 2. The highest BCUT2D eigenvalue weighted by molar-refractivity contribution is 5.82. The Labute approximate surface area is 132 Å².